The third-order valence-corrected chi connectivity index (χ3v) is 4.21. The summed E-state index contributed by atoms with van der Waals surface area (Å²) in [4.78, 5) is 26.7. The lowest BCUT2D eigenvalue weighted by molar-refractivity contribution is 0.124. The number of rotatable bonds is 5. The van der Waals surface area contributed by atoms with Crippen LogP contribution in [-0.2, 0) is 24.3 Å². The van der Waals surface area contributed by atoms with E-state index in [-0.39, 0.29) is 12.3 Å². The Morgan fingerprint density at radius 1 is 1.08 bits per heavy atom. The number of hydrogen-bond acceptors (Lipinski definition) is 3. The largest absolute Gasteiger partial charge is 0.364 e. The van der Waals surface area contributed by atoms with Crippen LogP contribution in [0, 0.1) is 0 Å². The summed E-state index contributed by atoms with van der Waals surface area (Å²) in [5.41, 5.74) is 1.64. The van der Waals surface area contributed by atoms with Crippen LogP contribution >= 0.6 is 0 Å². The molecule has 1 heterocycles. The Bertz CT molecular complexity index is 986. The Morgan fingerprint density at radius 3 is 2.54 bits per heavy atom. The van der Waals surface area contributed by atoms with E-state index >= 15 is 0 Å². The van der Waals surface area contributed by atoms with Crippen LogP contribution in [0.15, 0.2) is 52.1 Å². The second-order valence-electron chi connectivity index (χ2n) is 5.74. The van der Waals surface area contributed by atoms with Crippen molar-refractivity contribution in [2.45, 2.75) is 26.5 Å². The molecule has 0 unspecified atom stereocenters. The highest BCUT2D eigenvalue weighted by Gasteiger charge is 2.14. The zero-order chi connectivity index (χ0) is 17.1. The summed E-state index contributed by atoms with van der Waals surface area (Å²) >= 11 is 0. The first-order chi connectivity index (χ1) is 11.6. The van der Waals surface area contributed by atoms with Gasteiger partial charge in [-0.25, -0.2) is 4.79 Å². The molecule has 1 aromatic heterocycles. The van der Waals surface area contributed by atoms with Crippen LogP contribution in [0.2, 0.25) is 0 Å². The van der Waals surface area contributed by atoms with Gasteiger partial charge in [0.25, 0.3) is 5.56 Å². The predicted molar refractivity (Wildman–Crippen MR) is 94.5 cm³/mol. The molecule has 5 nitrogen and oxygen atoms in total. The SMILES string of the molecule is CCc1c(Cc2ccc3ccccc3c2)n(COC)c(=O)[nH]c1=O. The number of aromatic nitrogens is 2. The van der Waals surface area contributed by atoms with Gasteiger partial charge in [0.1, 0.15) is 6.73 Å². The Morgan fingerprint density at radius 2 is 1.83 bits per heavy atom. The quantitative estimate of drug-likeness (QED) is 0.784. The minimum atomic E-state index is -0.435. The van der Waals surface area contributed by atoms with Gasteiger partial charge in [0, 0.05) is 24.8 Å². The molecule has 0 radical (unpaired) electrons. The molecule has 0 atom stereocenters. The number of nitrogens with zero attached hydrogens (tertiary/aromatic N) is 1. The summed E-state index contributed by atoms with van der Waals surface area (Å²) in [6, 6.07) is 14.3. The number of H-pyrrole nitrogens is 1. The van der Waals surface area contributed by atoms with Crippen molar-refractivity contribution >= 4 is 10.8 Å². The van der Waals surface area contributed by atoms with Gasteiger partial charge in [-0.3, -0.25) is 14.3 Å². The Kier molecular flexibility index (Phi) is 4.62. The first-order valence-corrected chi connectivity index (χ1v) is 7.95. The molecule has 0 saturated carbocycles. The van der Waals surface area contributed by atoms with Gasteiger partial charge in [-0.2, -0.15) is 0 Å². The molecular weight excluding hydrogens is 304 g/mol. The van der Waals surface area contributed by atoms with Gasteiger partial charge in [-0.15, -0.1) is 0 Å². The maximum atomic E-state index is 12.1. The molecule has 3 aromatic rings. The van der Waals surface area contributed by atoms with Crippen molar-refractivity contribution in [2.75, 3.05) is 7.11 Å². The molecule has 0 aliphatic heterocycles. The molecule has 124 valence electrons. The number of benzene rings is 2. The van der Waals surface area contributed by atoms with Gasteiger partial charge < -0.3 is 4.74 Å². The van der Waals surface area contributed by atoms with E-state index in [1.165, 1.54) is 11.7 Å². The molecule has 24 heavy (non-hydrogen) atoms. The number of nitrogens with one attached hydrogen (secondary N) is 1. The number of ether oxygens (including phenoxy) is 1. The first-order valence-electron chi connectivity index (χ1n) is 7.95. The number of methoxy groups -OCH3 is 1. The van der Waals surface area contributed by atoms with Crippen LogP contribution in [0.5, 0.6) is 0 Å². The zero-order valence-electron chi connectivity index (χ0n) is 13.8. The maximum absolute atomic E-state index is 12.1. The van der Waals surface area contributed by atoms with Crippen molar-refractivity contribution < 1.29 is 4.74 Å². The van der Waals surface area contributed by atoms with Crippen LogP contribution in [0.3, 0.4) is 0 Å². The topological polar surface area (TPSA) is 64.1 Å². The zero-order valence-corrected chi connectivity index (χ0v) is 13.8. The van der Waals surface area contributed by atoms with Crippen LogP contribution in [0.4, 0.5) is 0 Å². The van der Waals surface area contributed by atoms with Crippen LogP contribution < -0.4 is 11.2 Å². The molecule has 1 N–H and O–H groups in total. The summed E-state index contributed by atoms with van der Waals surface area (Å²) in [5, 5.41) is 2.30. The number of aromatic amines is 1. The predicted octanol–water partition coefficient (Wildman–Crippen LogP) is 2.45. The maximum Gasteiger partial charge on any atom is 0.330 e. The van der Waals surface area contributed by atoms with Crippen molar-refractivity contribution in [2.24, 2.45) is 0 Å². The number of fused-ring (bicyclic) bond motifs is 1. The lowest BCUT2D eigenvalue weighted by atomic mass is 10.0. The molecule has 2 aromatic carbocycles. The van der Waals surface area contributed by atoms with E-state index in [1.54, 1.807) is 0 Å². The highest BCUT2D eigenvalue weighted by molar-refractivity contribution is 5.83. The lowest BCUT2D eigenvalue weighted by Crippen LogP contribution is -2.36. The molecule has 0 amide bonds. The van der Waals surface area contributed by atoms with Gasteiger partial charge in [0.2, 0.25) is 0 Å². The third-order valence-electron chi connectivity index (χ3n) is 4.21. The van der Waals surface area contributed by atoms with E-state index in [2.05, 4.69) is 29.2 Å². The number of hydrogen-bond donors (Lipinski definition) is 1. The second kappa shape index (κ2) is 6.84. The fraction of sp³-hybridized carbons (Fsp3) is 0.263. The van der Waals surface area contributed by atoms with E-state index in [0.717, 1.165) is 16.3 Å². The molecule has 3 rings (SSSR count). The van der Waals surface area contributed by atoms with Gasteiger partial charge >= 0.3 is 5.69 Å². The molecule has 5 heteroatoms. The van der Waals surface area contributed by atoms with E-state index < -0.39 is 5.69 Å². The van der Waals surface area contributed by atoms with Crippen LogP contribution in [-0.4, -0.2) is 16.7 Å². The highest BCUT2D eigenvalue weighted by atomic mass is 16.5. The summed E-state index contributed by atoms with van der Waals surface area (Å²) in [6.07, 6.45) is 1.07. The Balaban J connectivity index is 2.13. The van der Waals surface area contributed by atoms with Gasteiger partial charge in [0.15, 0.2) is 0 Å². The van der Waals surface area contributed by atoms with E-state index in [4.69, 9.17) is 4.74 Å². The lowest BCUT2D eigenvalue weighted by Gasteiger charge is -2.15. The van der Waals surface area contributed by atoms with Gasteiger partial charge in [0.05, 0.1) is 0 Å². The first kappa shape index (κ1) is 16.2. The van der Waals surface area contributed by atoms with Crippen molar-refractivity contribution in [1.82, 2.24) is 9.55 Å². The smallest absolute Gasteiger partial charge is 0.330 e. The van der Waals surface area contributed by atoms with Crippen molar-refractivity contribution in [3.05, 3.63) is 80.1 Å². The fourth-order valence-corrected chi connectivity index (χ4v) is 3.03. The summed E-state index contributed by atoms with van der Waals surface area (Å²) < 4.78 is 6.63. The van der Waals surface area contributed by atoms with Crippen LogP contribution in [0.25, 0.3) is 10.8 Å². The minimum absolute atomic E-state index is 0.117. The minimum Gasteiger partial charge on any atom is -0.364 e. The molecule has 0 fully saturated rings. The van der Waals surface area contributed by atoms with Gasteiger partial charge in [-0.05, 0) is 22.8 Å². The molecule has 0 saturated heterocycles. The average molecular weight is 324 g/mol. The Labute approximate surface area is 139 Å². The van der Waals surface area contributed by atoms with E-state index in [1.807, 2.05) is 25.1 Å². The molecule has 0 spiro atoms. The summed E-state index contributed by atoms with van der Waals surface area (Å²) in [6.45, 7) is 2.03. The molecular formula is C19H20N2O3. The average Bonchev–Trinajstić information content (AvgIpc) is 2.58. The van der Waals surface area contributed by atoms with E-state index in [0.29, 0.717) is 24.1 Å². The summed E-state index contributed by atoms with van der Waals surface area (Å²) in [5.74, 6) is 0. The van der Waals surface area contributed by atoms with Gasteiger partial charge in [-0.1, -0.05) is 49.4 Å². The standard InChI is InChI=1S/C19H20N2O3/c1-3-16-17(21(12-24-2)19(23)20-18(16)22)11-13-8-9-14-6-4-5-7-15(14)10-13/h4-10H,3,11-12H2,1-2H3,(H,20,22,23). The van der Waals surface area contributed by atoms with Crippen LogP contribution in [0.1, 0.15) is 23.7 Å². The van der Waals surface area contributed by atoms with Crippen molar-refractivity contribution in [1.29, 1.82) is 0 Å². The van der Waals surface area contributed by atoms with E-state index in [9.17, 15) is 9.59 Å². The van der Waals surface area contributed by atoms with Crippen molar-refractivity contribution in [3.8, 4) is 0 Å². The Hall–Kier alpha value is -2.66. The normalized spacial score (nSPS) is 11.1. The molecule has 0 bridgehead atoms. The third kappa shape index (κ3) is 3.03. The monoisotopic (exact) mass is 324 g/mol. The molecule has 0 aliphatic rings. The second-order valence-corrected chi connectivity index (χ2v) is 5.74. The fourth-order valence-electron chi connectivity index (χ4n) is 3.03. The summed E-state index contributed by atoms with van der Waals surface area (Å²) in [7, 11) is 1.53. The molecule has 0 aliphatic carbocycles. The van der Waals surface area contributed by atoms with Crippen molar-refractivity contribution in [3.63, 3.8) is 0 Å². The highest BCUT2D eigenvalue weighted by Crippen LogP contribution is 2.18.